The molecule has 0 radical (unpaired) electrons. The second kappa shape index (κ2) is 3.59. The van der Waals surface area contributed by atoms with Gasteiger partial charge in [-0.1, -0.05) is 0 Å². The molecule has 0 bridgehead atoms. The number of nitrogens with zero attached hydrogens (tertiary/aromatic N) is 1. The van der Waals surface area contributed by atoms with Crippen LogP contribution in [-0.2, 0) is 0 Å². The number of rotatable bonds is 2. The molecule has 1 rings (SSSR count). The first-order chi connectivity index (χ1) is 6.19. The Hall–Kier alpha value is -2.02. The van der Waals surface area contributed by atoms with E-state index in [1.165, 1.54) is 12.1 Å². The Bertz CT molecular complexity index is 380. The van der Waals surface area contributed by atoms with E-state index in [0.29, 0.717) is 0 Å². The fourth-order valence-electron chi connectivity index (χ4n) is 0.979. The molecule has 1 aromatic carbocycles. The highest BCUT2D eigenvalue weighted by molar-refractivity contribution is 5.91. The molecule has 0 aliphatic rings. The van der Waals surface area contributed by atoms with Crippen molar-refractivity contribution < 1.29 is 9.90 Å². The van der Waals surface area contributed by atoms with Gasteiger partial charge in [0, 0.05) is 12.7 Å². The van der Waals surface area contributed by atoms with Crippen molar-refractivity contribution in [3.05, 3.63) is 29.3 Å². The first kappa shape index (κ1) is 9.07. The summed E-state index contributed by atoms with van der Waals surface area (Å²) in [7, 11) is 1.71. The van der Waals surface area contributed by atoms with Gasteiger partial charge in [0.2, 0.25) is 0 Å². The molecule has 1 aromatic rings. The average Bonchev–Trinajstić information content (AvgIpc) is 2.16. The van der Waals surface area contributed by atoms with E-state index in [4.69, 9.17) is 10.4 Å². The van der Waals surface area contributed by atoms with Gasteiger partial charge < -0.3 is 10.4 Å². The van der Waals surface area contributed by atoms with E-state index in [-0.39, 0.29) is 11.1 Å². The summed E-state index contributed by atoms with van der Waals surface area (Å²) >= 11 is 0. The summed E-state index contributed by atoms with van der Waals surface area (Å²) in [6.07, 6.45) is 0. The SMILES string of the molecule is CNc1ccc(C(=O)O)c(C#N)c1. The van der Waals surface area contributed by atoms with Crippen LogP contribution in [0.3, 0.4) is 0 Å². The molecule has 0 fully saturated rings. The van der Waals surface area contributed by atoms with Crippen molar-refractivity contribution in [2.45, 2.75) is 0 Å². The van der Waals surface area contributed by atoms with Crippen molar-refractivity contribution in [1.29, 1.82) is 5.26 Å². The summed E-state index contributed by atoms with van der Waals surface area (Å²) in [5.41, 5.74) is 0.919. The van der Waals surface area contributed by atoms with E-state index in [1.807, 2.05) is 6.07 Å². The van der Waals surface area contributed by atoms with Gasteiger partial charge in [0.05, 0.1) is 11.1 Å². The molecule has 0 heterocycles. The lowest BCUT2D eigenvalue weighted by Gasteiger charge is -2.02. The van der Waals surface area contributed by atoms with Crippen LogP contribution in [0.4, 0.5) is 5.69 Å². The molecular formula is C9H8N2O2. The van der Waals surface area contributed by atoms with Gasteiger partial charge in [-0.25, -0.2) is 4.79 Å². The quantitative estimate of drug-likeness (QED) is 0.712. The van der Waals surface area contributed by atoms with E-state index < -0.39 is 5.97 Å². The smallest absolute Gasteiger partial charge is 0.337 e. The van der Waals surface area contributed by atoms with E-state index in [9.17, 15) is 4.79 Å². The Labute approximate surface area is 75.4 Å². The summed E-state index contributed by atoms with van der Waals surface area (Å²) in [4.78, 5) is 10.6. The lowest BCUT2D eigenvalue weighted by atomic mass is 10.1. The standard InChI is InChI=1S/C9H8N2O2/c1-11-7-2-3-8(9(12)13)6(4-7)5-10/h2-4,11H,1H3,(H,12,13). The number of carboxylic acids is 1. The van der Waals surface area contributed by atoms with Gasteiger partial charge in [0.1, 0.15) is 6.07 Å². The minimum absolute atomic E-state index is 0.0292. The van der Waals surface area contributed by atoms with Gasteiger partial charge >= 0.3 is 5.97 Å². The molecule has 0 saturated carbocycles. The van der Waals surface area contributed by atoms with Gasteiger partial charge in [0.25, 0.3) is 0 Å². The summed E-state index contributed by atoms with van der Waals surface area (Å²) in [5.74, 6) is -1.08. The second-order valence-electron chi connectivity index (χ2n) is 2.43. The van der Waals surface area contributed by atoms with Gasteiger partial charge in [-0.3, -0.25) is 0 Å². The lowest BCUT2D eigenvalue weighted by molar-refractivity contribution is 0.0696. The van der Waals surface area contributed by atoms with Gasteiger partial charge in [-0.2, -0.15) is 5.26 Å². The summed E-state index contributed by atoms with van der Waals surface area (Å²) in [6, 6.07) is 6.36. The zero-order valence-corrected chi connectivity index (χ0v) is 7.03. The Morgan fingerprint density at radius 1 is 1.62 bits per heavy atom. The number of hydrogen-bond donors (Lipinski definition) is 2. The molecule has 0 unspecified atom stereocenters. The Kier molecular flexibility index (Phi) is 2.50. The highest BCUT2D eigenvalue weighted by atomic mass is 16.4. The fraction of sp³-hybridized carbons (Fsp3) is 0.111. The third kappa shape index (κ3) is 1.76. The van der Waals surface area contributed by atoms with Crippen molar-refractivity contribution in [1.82, 2.24) is 0 Å². The van der Waals surface area contributed by atoms with Crippen LogP contribution in [-0.4, -0.2) is 18.1 Å². The van der Waals surface area contributed by atoms with Crippen LogP contribution in [0, 0.1) is 11.3 Å². The molecule has 4 nitrogen and oxygen atoms in total. The molecule has 13 heavy (non-hydrogen) atoms. The molecule has 0 aromatic heterocycles. The van der Waals surface area contributed by atoms with E-state index in [2.05, 4.69) is 5.32 Å². The zero-order valence-electron chi connectivity index (χ0n) is 7.03. The largest absolute Gasteiger partial charge is 0.478 e. The molecule has 0 spiro atoms. The Morgan fingerprint density at radius 2 is 2.31 bits per heavy atom. The average molecular weight is 176 g/mol. The van der Waals surface area contributed by atoms with Crippen LogP contribution in [0.5, 0.6) is 0 Å². The van der Waals surface area contributed by atoms with Crippen LogP contribution >= 0.6 is 0 Å². The maximum atomic E-state index is 10.6. The molecule has 0 amide bonds. The molecule has 0 aliphatic heterocycles. The number of carboxylic acid groups (broad SMARTS) is 1. The number of hydrogen-bond acceptors (Lipinski definition) is 3. The summed E-state index contributed by atoms with van der Waals surface area (Å²) in [6.45, 7) is 0. The number of aromatic carboxylic acids is 1. The fourth-order valence-corrected chi connectivity index (χ4v) is 0.979. The maximum Gasteiger partial charge on any atom is 0.337 e. The van der Waals surface area contributed by atoms with E-state index in [1.54, 1.807) is 13.1 Å². The highest BCUT2D eigenvalue weighted by Crippen LogP contribution is 2.14. The molecule has 0 atom stereocenters. The second-order valence-corrected chi connectivity index (χ2v) is 2.43. The van der Waals surface area contributed by atoms with E-state index >= 15 is 0 Å². The molecular weight excluding hydrogens is 168 g/mol. The predicted octanol–water partition coefficient (Wildman–Crippen LogP) is 1.30. The topological polar surface area (TPSA) is 73.1 Å². The van der Waals surface area contributed by atoms with Crippen molar-refractivity contribution in [2.75, 3.05) is 12.4 Å². The molecule has 66 valence electrons. The van der Waals surface area contributed by atoms with Crippen LogP contribution < -0.4 is 5.32 Å². The number of nitriles is 1. The number of anilines is 1. The van der Waals surface area contributed by atoms with Crippen molar-refractivity contribution in [3.63, 3.8) is 0 Å². The minimum Gasteiger partial charge on any atom is -0.478 e. The molecule has 0 saturated heterocycles. The van der Waals surface area contributed by atoms with E-state index in [0.717, 1.165) is 5.69 Å². The van der Waals surface area contributed by atoms with Gasteiger partial charge in [-0.15, -0.1) is 0 Å². The highest BCUT2D eigenvalue weighted by Gasteiger charge is 2.09. The summed E-state index contributed by atoms with van der Waals surface area (Å²) < 4.78 is 0. The first-order valence-corrected chi connectivity index (χ1v) is 3.64. The molecule has 2 N–H and O–H groups in total. The third-order valence-corrected chi connectivity index (χ3v) is 1.66. The third-order valence-electron chi connectivity index (χ3n) is 1.66. The van der Waals surface area contributed by atoms with Crippen LogP contribution in [0.1, 0.15) is 15.9 Å². The van der Waals surface area contributed by atoms with Crippen molar-refractivity contribution >= 4 is 11.7 Å². The molecule has 4 heteroatoms. The van der Waals surface area contributed by atoms with Gasteiger partial charge in [-0.05, 0) is 18.2 Å². The lowest BCUT2D eigenvalue weighted by Crippen LogP contribution is -2.00. The number of carbonyl (C=O) groups is 1. The first-order valence-electron chi connectivity index (χ1n) is 3.64. The number of nitrogens with one attached hydrogen (secondary N) is 1. The van der Waals surface area contributed by atoms with Crippen molar-refractivity contribution in [2.24, 2.45) is 0 Å². The Balaban J connectivity index is 3.26. The predicted molar refractivity (Wildman–Crippen MR) is 47.7 cm³/mol. The number of benzene rings is 1. The van der Waals surface area contributed by atoms with Crippen molar-refractivity contribution in [3.8, 4) is 6.07 Å². The normalized spacial score (nSPS) is 8.92. The zero-order chi connectivity index (χ0) is 9.84. The van der Waals surface area contributed by atoms with Crippen LogP contribution in [0.15, 0.2) is 18.2 Å². The molecule has 0 aliphatic carbocycles. The van der Waals surface area contributed by atoms with Crippen LogP contribution in [0.2, 0.25) is 0 Å². The van der Waals surface area contributed by atoms with Crippen LogP contribution in [0.25, 0.3) is 0 Å². The van der Waals surface area contributed by atoms with Gasteiger partial charge in [0.15, 0.2) is 0 Å². The minimum atomic E-state index is -1.08. The monoisotopic (exact) mass is 176 g/mol. The summed E-state index contributed by atoms with van der Waals surface area (Å²) in [5, 5.41) is 20.2. The Morgan fingerprint density at radius 3 is 2.77 bits per heavy atom. The maximum absolute atomic E-state index is 10.6.